The third kappa shape index (κ3) is 14.5. The number of aliphatic hydroxyl groups is 1. The van der Waals surface area contributed by atoms with Gasteiger partial charge in [-0.25, -0.2) is 23.6 Å². The molecule has 1 aliphatic heterocycles. The molecule has 0 saturated carbocycles. The number of benzene rings is 3. The molecule has 0 radical (unpaired) electrons. The van der Waals surface area contributed by atoms with Crippen LogP contribution in [0, 0.1) is 27.9 Å². The summed E-state index contributed by atoms with van der Waals surface area (Å²) in [4.78, 5) is 50.7. The molecule has 2 heterocycles. The second kappa shape index (κ2) is 24.5. The summed E-state index contributed by atoms with van der Waals surface area (Å²) in [5, 5.41) is 19.3. The number of rotatable bonds is 25. The zero-order chi connectivity index (χ0) is 43.7. The van der Waals surface area contributed by atoms with Gasteiger partial charge in [-0.3, -0.25) is 24.1 Å². The van der Waals surface area contributed by atoms with Crippen LogP contribution < -0.4 is 27.2 Å². The molecule has 7 N–H and O–H groups in total. The van der Waals surface area contributed by atoms with Crippen LogP contribution in [0.3, 0.4) is 0 Å². The number of primary amides is 1. The van der Waals surface area contributed by atoms with Crippen LogP contribution in [0.1, 0.15) is 98.3 Å². The minimum atomic E-state index is -1.31. The van der Waals surface area contributed by atoms with E-state index in [1.165, 1.54) is 12.1 Å². The summed E-state index contributed by atoms with van der Waals surface area (Å²) in [5.74, 6) is -4.57. The van der Waals surface area contributed by atoms with E-state index < -0.39 is 53.1 Å². The monoisotopic (exact) mass is 977 g/mol. The van der Waals surface area contributed by atoms with Crippen molar-refractivity contribution in [1.82, 2.24) is 26.0 Å². The van der Waals surface area contributed by atoms with Gasteiger partial charge in [0.25, 0.3) is 5.91 Å². The lowest BCUT2D eigenvalue weighted by molar-refractivity contribution is -0.126. The number of nitrogens with zero attached hydrogens (tertiary/aromatic N) is 2. The fourth-order valence-electron chi connectivity index (χ4n) is 7.39. The molecule has 12 nitrogen and oxygen atoms in total. The number of aryl methyl sites for hydroxylation is 1. The Balaban J connectivity index is 0.895. The molecule has 17 heteroatoms. The Morgan fingerprint density at radius 2 is 1.62 bits per heavy atom. The second-order valence-electron chi connectivity index (χ2n) is 15.2. The van der Waals surface area contributed by atoms with Crippen molar-refractivity contribution in [1.29, 1.82) is 0 Å². The molecular weight excluding hydrogens is 922 g/mol. The third-order valence-corrected chi connectivity index (χ3v) is 12.3. The number of β-amino-alcohol motifs (C(OH)–C–C–N with tert-alkyl or cyclic N) is 1. The Morgan fingerprint density at radius 3 is 2.30 bits per heavy atom. The van der Waals surface area contributed by atoms with Crippen molar-refractivity contribution in [2.24, 2.45) is 5.73 Å². The number of nitrogens with one attached hydrogen (secondary N) is 4. The molecule has 1 fully saturated rings. The number of thiazole rings is 1. The van der Waals surface area contributed by atoms with Crippen molar-refractivity contribution >= 4 is 63.0 Å². The van der Waals surface area contributed by atoms with Gasteiger partial charge in [-0.05, 0) is 110 Å². The molecule has 3 aromatic carbocycles. The third-order valence-electron chi connectivity index (χ3n) is 10.6. The number of hydroxylamine groups is 1. The SMILES string of the molecule is Cc1ncsc1-c1ccc([C@H](CC(=O)NCCCCCCCCCCNCCCONC(=O)c2ccc(F)c(F)c2Nc2ccc(I)cc2F)N2CC(O)CC2C(N)=O)cc1. The summed E-state index contributed by atoms with van der Waals surface area (Å²) in [6.45, 7) is 4.54. The first-order valence-corrected chi connectivity index (χ1v) is 22.7. The number of halogens is 4. The molecule has 1 aromatic heterocycles. The Labute approximate surface area is 372 Å². The Hall–Kier alpha value is -4.14. The highest BCUT2D eigenvalue weighted by atomic mass is 127. The van der Waals surface area contributed by atoms with Gasteiger partial charge in [-0.15, -0.1) is 11.3 Å². The van der Waals surface area contributed by atoms with Crippen LogP contribution in [0.2, 0.25) is 0 Å². The Bertz CT molecular complexity index is 2060. The van der Waals surface area contributed by atoms with E-state index in [-0.39, 0.29) is 43.2 Å². The van der Waals surface area contributed by atoms with Crippen LogP contribution in [0.25, 0.3) is 10.4 Å². The number of carbonyl (C=O) groups is 3. The van der Waals surface area contributed by atoms with Gasteiger partial charge >= 0.3 is 0 Å². The lowest BCUT2D eigenvalue weighted by Crippen LogP contribution is -2.43. The van der Waals surface area contributed by atoms with Crippen molar-refractivity contribution in [2.45, 2.75) is 95.7 Å². The quantitative estimate of drug-likeness (QED) is 0.0220. The number of anilines is 2. The lowest BCUT2D eigenvalue weighted by atomic mass is 9.98. The molecular formula is C44H55F3IN7O5S. The average molecular weight is 978 g/mol. The summed E-state index contributed by atoms with van der Waals surface area (Å²) >= 11 is 3.50. The molecule has 3 amide bonds. The normalized spacial score (nSPS) is 15.8. The summed E-state index contributed by atoms with van der Waals surface area (Å²) in [5.41, 5.74) is 11.8. The van der Waals surface area contributed by atoms with Gasteiger partial charge in [0.05, 0.1) is 51.8 Å². The van der Waals surface area contributed by atoms with Crippen LogP contribution in [0.15, 0.2) is 60.1 Å². The standard InChI is InChI=1S/C44H55F3IN7O5S/c1-28-42(61-27-52-28)30-13-11-29(12-14-30)37(55-26-32(56)24-38(55)43(49)58)25-39(57)51-21-9-7-5-3-2-4-6-8-19-50-20-10-22-60-54-44(59)33-16-17-34(45)40(47)41(33)53-36-18-15-31(48)23-35(36)46/h11-18,23,27,32,37-38,50,53,56H,2-10,19-22,24-26H2,1H3,(H2,49,58)(H,51,57)(H,54,59)/t32?,37-,38?/m0/s1. The molecule has 1 saturated heterocycles. The van der Waals surface area contributed by atoms with E-state index in [0.717, 1.165) is 91.7 Å². The number of hydrogen-bond acceptors (Lipinski definition) is 10. The number of aromatic nitrogens is 1. The zero-order valence-corrected chi connectivity index (χ0v) is 37.3. The van der Waals surface area contributed by atoms with Gasteiger partial charge < -0.3 is 26.8 Å². The summed E-state index contributed by atoms with van der Waals surface area (Å²) < 4.78 is 43.6. The van der Waals surface area contributed by atoms with Crippen LogP contribution in [0.5, 0.6) is 0 Å². The van der Waals surface area contributed by atoms with Gasteiger partial charge in [-0.2, -0.15) is 0 Å². The number of hydrogen-bond donors (Lipinski definition) is 6. The van der Waals surface area contributed by atoms with E-state index in [4.69, 9.17) is 10.6 Å². The summed E-state index contributed by atoms with van der Waals surface area (Å²) in [7, 11) is 0. The van der Waals surface area contributed by atoms with E-state index >= 15 is 0 Å². The predicted molar refractivity (Wildman–Crippen MR) is 240 cm³/mol. The van der Waals surface area contributed by atoms with Crippen LogP contribution in [-0.2, 0) is 14.4 Å². The second-order valence-corrected chi connectivity index (χ2v) is 17.3. The number of aliphatic hydroxyl groups excluding tert-OH is 1. The summed E-state index contributed by atoms with van der Waals surface area (Å²) in [6.07, 6.45) is 8.83. The highest BCUT2D eigenvalue weighted by Gasteiger charge is 2.40. The molecule has 2 unspecified atom stereocenters. The number of nitrogens with two attached hydrogens (primary N) is 1. The average Bonchev–Trinajstić information content (AvgIpc) is 3.85. The topological polar surface area (TPSA) is 171 Å². The smallest absolute Gasteiger partial charge is 0.277 e. The fraction of sp³-hybridized carbons (Fsp3) is 0.455. The van der Waals surface area contributed by atoms with Gasteiger partial charge in [-0.1, -0.05) is 62.8 Å². The highest BCUT2D eigenvalue weighted by molar-refractivity contribution is 14.1. The molecule has 1 aliphatic rings. The molecule has 0 bridgehead atoms. The van der Waals surface area contributed by atoms with Gasteiger partial charge in [0.2, 0.25) is 11.8 Å². The van der Waals surface area contributed by atoms with Crippen molar-refractivity contribution in [3.8, 4) is 10.4 Å². The maximum atomic E-state index is 14.6. The largest absolute Gasteiger partial charge is 0.392 e. The predicted octanol–water partition coefficient (Wildman–Crippen LogP) is 7.81. The number of likely N-dealkylation sites (tertiary alicyclic amines) is 1. The molecule has 5 rings (SSSR count). The lowest BCUT2D eigenvalue weighted by Gasteiger charge is -2.31. The van der Waals surface area contributed by atoms with Gasteiger partial charge in [0, 0.05) is 29.1 Å². The molecule has 4 aromatic rings. The minimum Gasteiger partial charge on any atom is -0.392 e. The highest BCUT2D eigenvalue weighted by Crippen LogP contribution is 2.35. The maximum absolute atomic E-state index is 14.6. The maximum Gasteiger partial charge on any atom is 0.277 e. The van der Waals surface area contributed by atoms with Gasteiger partial charge in [0.15, 0.2) is 11.6 Å². The molecule has 0 aliphatic carbocycles. The first-order valence-electron chi connectivity index (χ1n) is 20.8. The van der Waals surface area contributed by atoms with Gasteiger partial charge in [0.1, 0.15) is 5.82 Å². The first-order chi connectivity index (χ1) is 29.4. The van der Waals surface area contributed by atoms with Crippen LogP contribution >= 0.6 is 33.9 Å². The van der Waals surface area contributed by atoms with Crippen LogP contribution in [-0.4, -0.2) is 77.6 Å². The first kappa shape index (κ1) is 47.9. The van der Waals surface area contributed by atoms with E-state index in [1.54, 1.807) is 17.4 Å². The molecule has 3 atom stereocenters. The number of amides is 3. The van der Waals surface area contributed by atoms with E-state index in [1.807, 2.05) is 64.2 Å². The zero-order valence-electron chi connectivity index (χ0n) is 34.3. The number of unbranched alkanes of at least 4 members (excludes halogenated alkanes) is 7. The van der Waals surface area contributed by atoms with E-state index in [9.17, 15) is 32.7 Å². The molecule has 0 spiro atoms. The Morgan fingerprint density at radius 1 is 0.934 bits per heavy atom. The van der Waals surface area contributed by atoms with Crippen molar-refractivity contribution in [3.63, 3.8) is 0 Å². The fourth-order valence-corrected chi connectivity index (χ4v) is 8.65. The molecule has 61 heavy (non-hydrogen) atoms. The number of carbonyl (C=O) groups excluding carboxylic acids is 3. The van der Waals surface area contributed by atoms with E-state index in [2.05, 4.69) is 26.4 Å². The minimum absolute atomic E-state index is 0.103. The molecule has 330 valence electrons. The Kier molecular flexibility index (Phi) is 19.2. The van der Waals surface area contributed by atoms with Crippen LogP contribution in [0.4, 0.5) is 24.5 Å². The van der Waals surface area contributed by atoms with Crippen molar-refractivity contribution < 1.29 is 37.5 Å². The van der Waals surface area contributed by atoms with Crippen molar-refractivity contribution in [3.05, 3.63) is 98.0 Å². The van der Waals surface area contributed by atoms with E-state index in [0.29, 0.717) is 23.1 Å². The van der Waals surface area contributed by atoms with Crippen molar-refractivity contribution in [2.75, 3.05) is 38.1 Å². The summed E-state index contributed by atoms with van der Waals surface area (Å²) in [6, 6.07) is 13.0.